The molecule has 0 N–H and O–H groups in total. The van der Waals surface area contributed by atoms with Crippen LogP contribution in [0.2, 0.25) is 0 Å². The van der Waals surface area contributed by atoms with Gasteiger partial charge in [-0.2, -0.15) is 0 Å². The number of ether oxygens (including phenoxy) is 3. The molecule has 0 fully saturated rings. The summed E-state index contributed by atoms with van der Waals surface area (Å²) in [6, 6.07) is 18.9. The molecule has 0 radical (unpaired) electrons. The zero-order valence-corrected chi connectivity index (χ0v) is 26.2. The van der Waals surface area contributed by atoms with Gasteiger partial charge >= 0.3 is 0 Å². The van der Waals surface area contributed by atoms with Gasteiger partial charge in [0.15, 0.2) is 5.82 Å². The Balaban J connectivity index is 1.32. The first kappa shape index (κ1) is 28.7. The van der Waals surface area contributed by atoms with E-state index in [4.69, 9.17) is 39.1 Å². The monoisotopic (exact) mass is 602 g/mol. The summed E-state index contributed by atoms with van der Waals surface area (Å²) in [5.74, 6) is 1.94. The topological polar surface area (TPSA) is 129 Å². The molecule has 0 saturated heterocycles. The molecule has 4 aromatic heterocycles. The molecule has 7 rings (SSSR count). The van der Waals surface area contributed by atoms with Crippen LogP contribution in [0, 0.1) is 0 Å². The van der Waals surface area contributed by atoms with Crippen molar-refractivity contribution in [3.63, 3.8) is 0 Å². The lowest BCUT2D eigenvalue weighted by Crippen LogP contribution is -2.24. The highest BCUT2D eigenvalue weighted by Crippen LogP contribution is 2.29. The lowest BCUT2D eigenvalue weighted by atomic mass is 10.1. The molecule has 0 bridgehead atoms. The van der Waals surface area contributed by atoms with Crippen molar-refractivity contribution in [2.45, 2.75) is 58.3 Å². The average Bonchev–Trinajstić information content (AvgIpc) is 3.71. The van der Waals surface area contributed by atoms with E-state index < -0.39 is 0 Å². The van der Waals surface area contributed by atoms with Crippen LogP contribution in [0.5, 0.6) is 0 Å². The first-order valence-electron chi connectivity index (χ1n) is 15.0. The van der Waals surface area contributed by atoms with Crippen molar-refractivity contribution in [3.05, 3.63) is 77.7 Å². The predicted octanol–water partition coefficient (Wildman–Crippen LogP) is 5.33. The highest BCUT2D eigenvalue weighted by molar-refractivity contribution is 5.95. The summed E-state index contributed by atoms with van der Waals surface area (Å²) in [6.07, 6.45) is 0. The second-order valence-electron chi connectivity index (χ2n) is 13.1. The molecule has 45 heavy (non-hydrogen) atoms. The number of nitrogens with zero attached hydrogens (tertiary/aromatic N) is 8. The molecule has 3 aliphatic rings. The fraction of sp³-hybridized carbons (Fsp3) is 0.353. The van der Waals surface area contributed by atoms with E-state index in [1.165, 1.54) is 0 Å². The van der Waals surface area contributed by atoms with E-state index in [0.29, 0.717) is 88.7 Å². The second kappa shape index (κ2) is 10.5. The van der Waals surface area contributed by atoms with E-state index in [1.54, 1.807) is 0 Å². The van der Waals surface area contributed by atoms with Gasteiger partial charge in [-0.25, -0.2) is 39.9 Å². The van der Waals surface area contributed by atoms with Crippen molar-refractivity contribution in [1.82, 2.24) is 24.9 Å². The van der Waals surface area contributed by atoms with E-state index >= 15 is 0 Å². The van der Waals surface area contributed by atoms with Crippen LogP contribution in [-0.4, -0.2) is 79.1 Å². The number of aromatic nitrogens is 5. The van der Waals surface area contributed by atoms with E-state index in [-0.39, 0.29) is 16.8 Å². The molecule has 0 aromatic carbocycles. The molecular formula is C34H34N8O3. The summed E-state index contributed by atoms with van der Waals surface area (Å²) in [4.78, 5) is 38.2. The summed E-state index contributed by atoms with van der Waals surface area (Å²) in [5, 5.41) is 0. The summed E-state index contributed by atoms with van der Waals surface area (Å²) in [7, 11) is 0. The Hall–Kier alpha value is -5.06. The summed E-state index contributed by atoms with van der Waals surface area (Å²) < 4.78 is 18.2. The van der Waals surface area contributed by atoms with Crippen molar-refractivity contribution >= 4 is 17.7 Å². The van der Waals surface area contributed by atoms with Crippen LogP contribution < -0.4 is 0 Å². The van der Waals surface area contributed by atoms with Crippen molar-refractivity contribution in [1.29, 1.82) is 0 Å². The van der Waals surface area contributed by atoms with Crippen LogP contribution in [0.4, 0.5) is 0 Å². The second-order valence-corrected chi connectivity index (χ2v) is 13.1. The molecular weight excluding hydrogens is 568 g/mol. The number of rotatable bonds is 6. The largest absolute Gasteiger partial charge is 0.468 e. The normalized spacial score (nSPS) is 19.2. The van der Waals surface area contributed by atoms with Gasteiger partial charge in [0.1, 0.15) is 39.6 Å². The van der Waals surface area contributed by atoms with E-state index in [1.807, 2.05) is 102 Å². The molecule has 4 aromatic rings. The van der Waals surface area contributed by atoms with Crippen LogP contribution in [-0.2, 0) is 14.2 Å². The van der Waals surface area contributed by atoms with Crippen LogP contribution >= 0.6 is 0 Å². The number of hydrogen-bond acceptors (Lipinski definition) is 11. The first-order chi connectivity index (χ1) is 21.4. The summed E-state index contributed by atoms with van der Waals surface area (Å²) >= 11 is 0. The fourth-order valence-electron chi connectivity index (χ4n) is 5.06. The Morgan fingerprint density at radius 2 is 0.756 bits per heavy atom. The maximum Gasteiger partial charge on any atom is 0.236 e. The quantitative estimate of drug-likeness (QED) is 0.290. The van der Waals surface area contributed by atoms with Gasteiger partial charge in [-0.05, 0) is 84.0 Å². The Morgan fingerprint density at radius 3 is 1.11 bits per heavy atom. The zero-order valence-electron chi connectivity index (χ0n) is 26.2. The molecule has 228 valence electrons. The Morgan fingerprint density at radius 1 is 0.422 bits per heavy atom. The molecule has 0 saturated carbocycles. The van der Waals surface area contributed by atoms with Gasteiger partial charge < -0.3 is 14.2 Å². The minimum atomic E-state index is -0.380. The minimum Gasteiger partial charge on any atom is -0.468 e. The minimum absolute atomic E-state index is 0.374. The van der Waals surface area contributed by atoms with Crippen molar-refractivity contribution < 1.29 is 14.2 Å². The number of aliphatic imine (C=N–C) groups is 3. The van der Waals surface area contributed by atoms with Gasteiger partial charge in [0.25, 0.3) is 0 Å². The summed E-state index contributed by atoms with van der Waals surface area (Å²) in [5.41, 5.74) is 3.79. The molecule has 0 unspecified atom stereocenters. The lowest BCUT2D eigenvalue weighted by Gasteiger charge is -2.17. The highest BCUT2D eigenvalue weighted by atomic mass is 16.5. The Kier molecular flexibility index (Phi) is 6.72. The smallest absolute Gasteiger partial charge is 0.236 e. The van der Waals surface area contributed by atoms with Crippen LogP contribution in [0.25, 0.3) is 34.3 Å². The van der Waals surface area contributed by atoms with Crippen LogP contribution in [0.3, 0.4) is 0 Å². The Labute approximate surface area is 261 Å². The standard InChI is InChI=1S/C34H34N8O3/c1-32(2)17-35-29(43-32)23-13-7-10-20(38-23)26-16-27(21-11-8-14-24(39-21)30-36-18-33(3,4)44-30)42-28(41-26)22-12-9-15-25(40-22)31-37-19-34(5,6)45-31/h7-16H,17-19H2,1-6H3. The SMILES string of the molecule is CC1(C)CN=C(c2cccc(-c3cc(-c4cccc(C5=NCC(C)(C)O5)n4)nc(-c4cccc(C5=NCC(C)(C)O5)n4)n3)n2)O1. The lowest BCUT2D eigenvalue weighted by molar-refractivity contribution is 0.130. The summed E-state index contributed by atoms with van der Waals surface area (Å²) in [6.45, 7) is 13.7. The van der Waals surface area contributed by atoms with Crippen molar-refractivity contribution in [3.8, 4) is 34.3 Å². The number of pyridine rings is 3. The molecule has 0 amide bonds. The maximum absolute atomic E-state index is 6.05. The molecule has 11 heteroatoms. The van der Waals surface area contributed by atoms with Gasteiger partial charge in [-0.1, -0.05) is 18.2 Å². The first-order valence-corrected chi connectivity index (χ1v) is 15.0. The molecule has 0 aliphatic carbocycles. The van der Waals surface area contributed by atoms with E-state index in [9.17, 15) is 0 Å². The molecule has 11 nitrogen and oxygen atoms in total. The molecule has 0 atom stereocenters. The molecule has 0 spiro atoms. The van der Waals surface area contributed by atoms with Crippen molar-refractivity contribution in [2.24, 2.45) is 15.0 Å². The van der Waals surface area contributed by atoms with Crippen LogP contribution in [0.1, 0.15) is 58.6 Å². The zero-order chi connectivity index (χ0) is 31.4. The number of hydrogen-bond donors (Lipinski definition) is 0. The van der Waals surface area contributed by atoms with E-state index in [0.717, 1.165) is 0 Å². The third kappa shape index (κ3) is 6.02. The van der Waals surface area contributed by atoms with Gasteiger partial charge in [0.05, 0.1) is 42.4 Å². The molecule has 3 aliphatic heterocycles. The third-order valence-corrected chi connectivity index (χ3v) is 7.31. The van der Waals surface area contributed by atoms with Gasteiger partial charge in [-0.15, -0.1) is 0 Å². The Bertz CT molecular complexity index is 1680. The average molecular weight is 603 g/mol. The van der Waals surface area contributed by atoms with Gasteiger partial charge in [-0.3, -0.25) is 0 Å². The predicted molar refractivity (Wildman–Crippen MR) is 171 cm³/mol. The van der Waals surface area contributed by atoms with Crippen LogP contribution in [0.15, 0.2) is 75.6 Å². The highest BCUT2D eigenvalue weighted by Gasteiger charge is 2.31. The maximum atomic E-state index is 6.05. The fourth-order valence-corrected chi connectivity index (χ4v) is 5.06. The van der Waals surface area contributed by atoms with Crippen molar-refractivity contribution in [2.75, 3.05) is 19.6 Å². The third-order valence-electron chi connectivity index (χ3n) is 7.31. The van der Waals surface area contributed by atoms with Gasteiger partial charge in [0, 0.05) is 0 Å². The van der Waals surface area contributed by atoms with E-state index in [2.05, 4.69) is 15.0 Å². The van der Waals surface area contributed by atoms with Gasteiger partial charge in [0.2, 0.25) is 17.7 Å². The molecule has 7 heterocycles.